The van der Waals surface area contributed by atoms with Gasteiger partial charge in [0.05, 0.1) is 12.1 Å². The maximum atomic E-state index is 12.1. The SMILES string of the molecule is Cn1cc(CN2C(=O)CCc3cc(C(=O)O)ccc32)nn1. The summed E-state index contributed by atoms with van der Waals surface area (Å²) in [4.78, 5) is 24.8. The van der Waals surface area contributed by atoms with E-state index in [4.69, 9.17) is 5.11 Å². The number of carboxylic acid groups (broad SMARTS) is 1. The van der Waals surface area contributed by atoms with Crippen LogP contribution in [0.2, 0.25) is 0 Å². The van der Waals surface area contributed by atoms with E-state index in [-0.39, 0.29) is 11.5 Å². The first-order chi connectivity index (χ1) is 10.0. The van der Waals surface area contributed by atoms with Crippen molar-refractivity contribution in [2.24, 2.45) is 7.05 Å². The maximum absolute atomic E-state index is 12.1. The zero-order valence-corrected chi connectivity index (χ0v) is 11.5. The largest absolute Gasteiger partial charge is 0.478 e. The summed E-state index contributed by atoms with van der Waals surface area (Å²) in [6.07, 6.45) is 2.69. The second kappa shape index (κ2) is 5.01. The molecule has 1 aliphatic rings. The minimum atomic E-state index is -0.963. The average Bonchev–Trinajstić information content (AvgIpc) is 2.87. The Bertz CT molecular complexity index is 723. The van der Waals surface area contributed by atoms with Crippen molar-refractivity contribution in [1.82, 2.24) is 15.0 Å². The molecule has 0 fully saturated rings. The lowest BCUT2D eigenvalue weighted by molar-refractivity contribution is -0.119. The van der Waals surface area contributed by atoms with Gasteiger partial charge in [0, 0.05) is 25.4 Å². The lowest BCUT2D eigenvalue weighted by atomic mass is 9.98. The fourth-order valence-corrected chi connectivity index (χ4v) is 2.50. The quantitative estimate of drug-likeness (QED) is 0.909. The third-order valence-corrected chi connectivity index (χ3v) is 3.50. The average molecular weight is 286 g/mol. The molecule has 7 nitrogen and oxygen atoms in total. The molecule has 0 unspecified atom stereocenters. The Kier molecular flexibility index (Phi) is 3.17. The number of hydrogen-bond donors (Lipinski definition) is 1. The Hall–Kier alpha value is -2.70. The standard InChI is InChI=1S/C14H14N4O3/c1-17-7-11(15-16-17)8-18-12-4-2-10(14(20)21)6-9(12)3-5-13(18)19/h2,4,6-7H,3,5,8H2,1H3,(H,20,21). The highest BCUT2D eigenvalue weighted by Gasteiger charge is 2.25. The number of amides is 1. The Balaban J connectivity index is 1.95. The van der Waals surface area contributed by atoms with Gasteiger partial charge in [-0.05, 0) is 30.2 Å². The first-order valence-electron chi connectivity index (χ1n) is 6.56. The van der Waals surface area contributed by atoms with Gasteiger partial charge < -0.3 is 10.0 Å². The molecule has 1 amide bonds. The molecule has 0 radical (unpaired) electrons. The van der Waals surface area contributed by atoms with Gasteiger partial charge in [0.15, 0.2) is 0 Å². The van der Waals surface area contributed by atoms with E-state index in [2.05, 4.69) is 10.3 Å². The Morgan fingerprint density at radius 3 is 2.86 bits per heavy atom. The van der Waals surface area contributed by atoms with Crippen LogP contribution in [-0.2, 0) is 24.8 Å². The molecule has 2 aromatic rings. The number of fused-ring (bicyclic) bond motifs is 1. The Morgan fingerprint density at radius 2 is 2.19 bits per heavy atom. The highest BCUT2D eigenvalue weighted by Crippen LogP contribution is 2.29. The van der Waals surface area contributed by atoms with Gasteiger partial charge in [0.25, 0.3) is 0 Å². The minimum Gasteiger partial charge on any atom is -0.478 e. The number of carboxylic acids is 1. The summed E-state index contributed by atoms with van der Waals surface area (Å²) in [7, 11) is 1.77. The van der Waals surface area contributed by atoms with E-state index in [9.17, 15) is 9.59 Å². The monoisotopic (exact) mass is 286 g/mol. The van der Waals surface area contributed by atoms with Crippen molar-refractivity contribution in [2.75, 3.05) is 4.90 Å². The number of nitrogens with zero attached hydrogens (tertiary/aromatic N) is 4. The molecule has 1 aromatic heterocycles. The molecule has 0 bridgehead atoms. The second-order valence-electron chi connectivity index (χ2n) is 5.01. The molecule has 7 heteroatoms. The van der Waals surface area contributed by atoms with Gasteiger partial charge in [0.2, 0.25) is 5.91 Å². The van der Waals surface area contributed by atoms with Gasteiger partial charge in [-0.3, -0.25) is 9.48 Å². The number of benzene rings is 1. The summed E-state index contributed by atoms with van der Waals surface area (Å²) in [5.74, 6) is -0.952. The molecule has 0 saturated carbocycles. The highest BCUT2D eigenvalue weighted by molar-refractivity contribution is 5.97. The van der Waals surface area contributed by atoms with Crippen LogP contribution in [-0.4, -0.2) is 32.0 Å². The molecule has 1 aromatic carbocycles. The molecular formula is C14H14N4O3. The predicted molar refractivity (Wildman–Crippen MR) is 73.9 cm³/mol. The van der Waals surface area contributed by atoms with Gasteiger partial charge in [-0.25, -0.2) is 4.79 Å². The molecular weight excluding hydrogens is 272 g/mol. The van der Waals surface area contributed by atoms with Crippen molar-refractivity contribution in [3.05, 3.63) is 41.2 Å². The molecule has 1 N–H and O–H groups in total. The van der Waals surface area contributed by atoms with E-state index in [1.54, 1.807) is 35.0 Å². The molecule has 3 rings (SSSR count). The van der Waals surface area contributed by atoms with Crippen LogP contribution in [0.25, 0.3) is 0 Å². The van der Waals surface area contributed by atoms with Crippen LogP contribution in [0.1, 0.15) is 28.0 Å². The lowest BCUT2D eigenvalue weighted by Gasteiger charge is -2.29. The zero-order chi connectivity index (χ0) is 15.0. The predicted octanol–water partition coefficient (Wildman–Crippen LogP) is 0.993. The molecule has 0 atom stereocenters. The van der Waals surface area contributed by atoms with E-state index in [0.29, 0.717) is 25.1 Å². The third-order valence-electron chi connectivity index (χ3n) is 3.50. The van der Waals surface area contributed by atoms with Crippen LogP contribution < -0.4 is 4.90 Å². The van der Waals surface area contributed by atoms with Gasteiger partial charge >= 0.3 is 5.97 Å². The molecule has 0 saturated heterocycles. The van der Waals surface area contributed by atoms with E-state index in [1.807, 2.05) is 0 Å². The second-order valence-corrected chi connectivity index (χ2v) is 5.01. The lowest BCUT2D eigenvalue weighted by Crippen LogP contribution is -2.34. The van der Waals surface area contributed by atoms with E-state index < -0.39 is 5.97 Å². The number of aromatic carboxylic acids is 1. The summed E-state index contributed by atoms with van der Waals surface area (Å²) in [5.41, 5.74) is 2.56. The number of hydrogen-bond acceptors (Lipinski definition) is 4. The van der Waals surface area contributed by atoms with Gasteiger partial charge in [-0.15, -0.1) is 5.10 Å². The number of carbonyl (C=O) groups excluding carboxylic acids is 1. The number of carbonyl (C=O) groups is 2. The van der Waals surface area contributed by atoms with Crippen molar-refractivity contribution in [1.29, 1.82) is 0 Å². The molecule has 2 heterocycles. The van der Waals surface area contributed by atoms with Crippen molar-refractivity contribution in [2.45, 2.75) is 19.4 Å². The fraction of sp³-hybridized carbons (Fsp3) is 0.286. The van der Waals surface area contributed by atoms with E-state index in [1.165, 1.54) is 6.07 Å². The van der Waals surface area contributed by atoms with Gasteiger partial charge in [-0.1, -0.05) is 5.21 Å². The zero-order valence-electron chi connectivity index (χ0n) is 11.5. The van der Waals surface area contributed by atoms with E-state index >= 15 is 0 Å². The first-order valence-corrected chi connectivity index (χ1v) is 6.56. The van der Waals surface area contributed by atoms with Crippen LogP contribution in [0.3, 0.4) is 0 Å². The molecule has 108 valence electrons. The summed E-state index contributed by atoms with van der Waals surface area (Å²) in [5, 5.41) is 16.9. The smallest absolute Gasteiger partial charge is 0.335 e. The first kappa shape index (κ1) is 13.3. The van der Waals surface area contributed by atoms with E-state index in [0.717, 1.165) is 11.3 Å². The van der Waals surface area contributed by atoms with Crippen LogP contribution >= 0.6 is 0 Å². The molecule has 1 aliphatic heterocycles. The van der Waals surface area contributed by atoms with Crippen LogP contribution in [0.15, 0.2) is 24.4 Å². The minimum absolute atomic E-state index is 0.0104. The van der Waals surface area contributed by atoms with Gasteiger partial charge in [-0.2, -0.15) is 0 Å². The summed E-state index contributed by atoms with van der Waals surface area (Å²) >= 11 is 0. The topological polar surface area (TPSA) is 88.3 Å². The van der Waals surface area contributed by atoms with Crippen molar-refractivity contribution in [3.63, 3.8) is 0 Å². The van der Waals surface area contributed by atoms with Crippen LogP contribution in [0.5, 0.6) is 0 Å². The maximum Gasteiger partial charge on any atom is 0.335 e. The number of aryl methyl sites for hydroxylation is 2. The summed E-state index contributed by atoms with van der Waals surface area (Å²) < 4.78 is 1.58. The Labute approximate surface area is 120 Å². The summed E-state index contributed by atoms with van der Waals surface area (Å²) in [6, 6.07) is 4.84. The number of rotatable bonds is 3. The highest BCUT2D eigenvalue weighted by atomic mass is 16.4. The van der Waals surface area contributed by atoms with Gasteiger partial charge in [0.1, 0.15) is 5.69 Å². The normalized spacial score (nSPS) is 14.1. The van der Waals surface area contributed by atoms with Crippen LogP contribution in [0.4, 0.5) is 5.69 Å². The Morgan fingerprint density at radius 1 is 1.38 bits per heavy atom. The van der Waals surface area contributed by atoms with Crippen molar-refractivity contribution >= 4 is 17.6 Å². The number of anilines is 1. The van der Waals surface area contributed by atoms with Crippen LogP contribution in [0, 0.1) is 0 Å². The fourth-order valence-electron chi connectivity index (χ4n) is 2.50. The molecule has 21 heavy (non-hydrogen) atoms. The molecule has 0 spiro atoms. The van der Waals surface area contributed by atoms with Crippen molar-refractivity contribution in [3.8, 4) is 0 Å². The third kappa shape index (κ3) is 2.49. The molecule has 0 aliphatic carbocycles. The van der Waals surface area contributed by atoms with Crippen molar-refractivity contribution < 1.29 is 14.7 Å². The summed E-state index contributed by atoms with van der Waals surface area (Å²) in [6.45, 7) is 0.339. The number of aromatic nitrogens is 3.